The molecule has 2 saturated heterocycles. The van der Waals surface area contributed by atoms with Gasteiger partial charge in [0.05, 0.1) is 6.10 Å². The molecule has 1 saturated carbocycles. The number of halogens is 1. The van der Waals surface area contributed by atoms with Crippen LogP contribution in [0.25, 0.3) is 0 Å². The van der Waals surface area contributed by atoms with Gasteiger partial charge in [-0.05, 0) is 46.5 Å². The van der Waals surface area contributed by atoms with Gasteiger partial charge in [0, 0.05) is 55.7 Å². The first-order chi connectivity index (χ1) is 11.9. The third-order valence-corrected chi connectivity index (χ3v) is 6.54. The second-order valence-electron chi connectivity index (χ2n) is 8.91. The molecule has 5 nitrogen and oxygen atoms in total. The topological polar surface area (TPSA) is 48.9 Å². The minimum atomic E-state index is 0. The van der Waals surface area contributed by atoms with Gasteiger partial charge in [-0.2, -0.15) is 0 Å². The molecule has 1 aliphatic carbocycles. The molecule has 3 fully saturated rings. The highest BCUT2D eigenvalue weighted by Crippen LogP contribution is 2.51. The molecule has 0 radical (unpaired) electrons. The maximum absolute atomic E-state index is 6.04. The Morgan fingerprint density at radius 2 is 1.88 bits per heavy atom. The number of aliphatic imine (C=N–C) groups is 1. The molecule has 0 spiro atoms. The van der Waals surface area contributed by atoms with E-state index in [2.05, 4.69) is 50.2 Å². The van der Waals surface area contributed by atoms with Gasteiger partial charge >= 0.3 is 0 Å². The lowest BCUT2D eigenvalue weighted by molar-refractivity contribution is -0.188. The molecule has 0 aromatic carbocycles. The predicted molar refractivity (Wildman–Crippen MR) is 119 cm³/mol. The Balaban J connectivity index is 0.00000243. The zero-order valence-corrected chi connectivity index (χ0v) is 19.6. The van der Waals surface area contributed by atoms with Crippen LogP contribution in [0.15, 0.2) is 4.99 Å². The number of fused-ring (bicyclic) bond motifs is 1. The number of nitrogens with one attached hydrogen (secondary N) is 2. The Bertz CT molecular complexity index is 474. The Labute approximate surface area is 177 Å². The van der Waals surface area contributed by atoms with E-state index in [1.165, 1.54) is 38.8 Å². The standard InChI is InChI=1S/C20H38N4O.HI/c1-6-21-19(22-15-9-11-24(12-10-15)14(2)3)23-17-16-8-7-13-25-18(16)20(17,4)5;/h14-18H,6-13H2,1-5H3,(H2,21,22,23);1H. The summed E-state index contributed by atoms with van der Waals surface area (Å²) in [5, 5.41) is 7.49. The number of ether oxygens (including phenoxy) is 1. The second kappa shape index (κ2) is 9.41. The van der Waals surface area contributed by atoms with Crippen molar-refractivity contribution in [2.24, 2.45) is 16.3 Å². The van der Waals surface area contributed by atoms with Gasteiger partial charge in [-0.25, -0.2) is 0 Å². The van der Waals surface area contributed by atoms with Crippen LogP contribution < -0.4 is 10.6 Å². The number of hydrogen-bond acceptors (Lipinski definition) is 3. The largest absolute Gasteiger partial charge is 0.377 e. The summed E-state index contributed by atoms with van der Waals surface area (Å²) < 4.78 is 6.04. The van der Waals surface area contributed by atoms with Crippen LogP contribution in [0.1, 0.15) is 60.3 Å². The third-order valence-electron chi connectivity index (χ3n) is 6.54. The predicted octanol–water partition coefficient (Wildman–Crippen LogP) is 3.24. The quantitative estimate of drug-likeness (QED) is 0.370. The molecule has 2 heterocycles. The minimum Gasteiger partial charge on any atom is -0.377 e. The lowest BCUT2D eigenvalue weighted by atomic mass is 9.55. The van der Waals surface area contributed by atoms with Crippen molar-refractivity contribution in [1.82, 2.24) is 15.5 Å². The summed E-state index contributed by atoms with van der Waals surface area (Å²) in [7, 11) is 0. The molecule has 0 aromatic heterocycles. The molecule has 2 aliphatic heterocycles. The number of hydrogen-bond donors (Lipinski definition) is 2. The number of guanidine groups is 1. The van der Waals surface area contributed by atoms with E-state index < -0.39 is 0 Å². The Morgan fingerprint density at radius 1 is 1.19 bits per heavy atom. The highest BCUT2D eigenvalue weighted by Gasteiger charge is 2.58. The molecule has 26 heavy (non-hydrogen) atoms. The highest BCUT2D eigenvalue weighted by atomic mass is 127. The first kappa shape index (κ1) is 22.2. The molecule has 152 valence electrons. The first-order valence-electron chi connectivity index (χ1n) is 10.4. The number of likely N-dealkylation sites (tertiary alicyclic amines) is 1. The van der Waals surface area contributed by atoms with Crippen molar-refractivity contribution in [3.8, 4) is 0 Å². The molecule has 3 rings (SSSR count). The normalized spacial score (nSPS) is 32.4. The van der Waals surface area contributed by atoms with Crippen LogP contribution in [0.5, 0.6) is 0 Å². The fraction of sp³-hybridized carbons (Fsp3) is 0.950. The molecule has 6 heteroatoms. The summed E-state index contributed by atoms with van der Waals surface area (Å²) in [6.07, 6.45) is 5.28. The van der Waals surface area contributed by atoms with Crippen LogP contribution in [0, 0.1) is 11.3 Å². The van der Waals surface area contributed by atoms with Crippen molar-refractivity contribution in [3.63, 3.8) is 0 Å². The number of rotatable bonds is 4. The van der Waals surface area contributed by atoms with Gasteiger partial charge in [0.1, 0.15) is 0 Å². The van der Waals surface area contributed by atoms with E-state index in [4.69, 9.17) is 9.73 Å². The van der Waals surface area contributed by atoms with Crippen molar-refractivity contribution in [2.45, 2.75) is 84.5 Å². The van der Waals surface area contributed by atoms with Gasteiger partial charge in [-0.15, -0.1) is 24.0 Å². The summed E-state index contributed by atoms with van der Waals surface area (Å²) in [6, 6.07) is 1.66. The molecule has 2 N–H and O–H groups in total. The Hall–Kier alpha value is -0.0800. The van der Waals surface area contributed by atoms with E-state index in [-0.39, 0.29) is 29.4 Å². The lowest BCUT2D eigenvalue weighted by Crippen LogP contribution is -2.71. The fourth-order valence-electron chi connectivity index (χ4n) is 5.01. The molecule has 0 aromatic rings. The smallest absolute Gasteiger partial charge is 0.191 e. The van der Waals surface area contributed by atoms with Gasteiger partial charge in [-0.1, -0.05) is 13.8 Å². The average Bonchev–Trinajstić information content (AvgIpc) is 2.60. The molecule has 3 aliphatic rings. The van der Waals surface area contributed by atoms with Crippen LogP contribution >= 0.6 is 24.0 Å². The van der Waals surface area contributed by atoms with Crippen molar-refractivity contribution >= 4 is 29.9 Å². The summed E-state index contributed by atoms with van der Waals surface area (Å²) in [4.78, 5) is 7.31. The SMILES string of the molecule is CCN=C(NC1CCN(C(C)C)CC1)NC1C2CCCOC2C1(C)C.I. The molecule has 0 amide bonds. The van der Waals surface area contributed by atoms with Gasteiger partial charge < -0.3 is 20.3 Å². The van der Waals surface area contributed by atoms with Crippen LogP contribution in [0.4, 0.5) is 0 Å². The lowest BCUT2D eigenvalue weighted by Gasteiger charge is -2.60. The van der Waals surface area contributed by atoms with E-state index in [0.717, 1.165) is 19.1 Å². The first-order valence-corrected chi connectivity index (χ1v) is 10.4. The van der Waals surface area contributed by atoms with E-state index in [1.807, 2.05) is 0 Å². The van der Waals surface area contributed by atoms with Crippen LogP contribution in [-0.4, -0.2) is 61.3 Å². The Kier molecular flexibility index (Phi) is 8.04. The zero-order valence-electron chi connectivity index (χ0n) is 17.3. The van der Waals surface area contributed by atoms with Crippen molar-refractivity contribution in [3.05, 3.63) is 0 Å². The van der Waals surface area contributed by atoms with E-state index in [9.17, 15) is 0 Å². The molecule has 0 bridgehead atoms. The third kappa shape index (κ3) is 4.66. The highest BCUT2D eigenvalue weighted by molar-refractivity contribution is 14.0. The van der Waals surface area contributed by atoms with Crippen molar-refractivity contribution in [2.75, 3.05) is 26.2 Å². The summed E-state index contributed by atoms with van der Waals surface area (Å²) in [6.45, 7) is 15.5. The molecule has 3 atom stereocenters. The van der Waals surface area contributed by atoms with Crippen LogP contribution in [-0.2, 0) is 4.74 Å². The van der Waals surface area contributed by atoms with E-state index >= 15 is 0 Å². The number of piperidine rings is 1. The minimum absolute atomic E-state index is 0. The molecular formula is C20H39IN4O. The average molecular weight is 478 g/mol. The summed E-state index contributed by atoms with van der Waals surface area (Å²) in [5.41, 5.74) is 0.183. The van der Waals surface area contributed by atoms with Gasteiger partial charge in [0.2, 0.25) is 0 Å². The number of nitrogens with zero attached hydrogens (tertiary/aromatic N) is 2. The maximum Gasteiger partial charge on any atom is 0.191 e. The van der Waals surface area contributed by atoms with Crippen LogP contribution in [0.3, 0.4) is 0 Å². The summed E-state index contributed by atoms with van der Waals surface area (Å²) >= 11 is 0. The van der Waals surface area contributed by atoms with E-state index in [1.54, 1.807) is 0 Å². The van der Waals surface area contributed by atoms with Gasteiger partial charge in [0.25, 0.3) is 0 Å². The second-order valence-corrected chi connectivity index (χ2v) is 8.91. The van der Waals surface area contributed by atoms with Crippen molar-refractivity contribution in [1.29, 1.82) is 0 Å². The monoisotopic (exact) mass is 478 g/mol. The summed E-state index contributed by atoms with van der Waals surface area (Å²) in [5.74, 6) is 1.64. The van der Waals surface area contributed by atoms with Gasteiger partial charge in [0.15, 0.2) is 5.96 Å². The zero-order chi connectivity index (χ0) is 18.0. The van der Waals surface area contributed by atoms with Crippen LogP contribution in [0.2, 0.25) is 0 Å². The van der Waals surface area contributed by atoms with E-state index in [0.29, 0.717) is 30.1 Å². The Morgan fingerprint density at radius 3 is 2.50 bits per heavy atom. The van der Waals surface area contributed by atoms with Gasteiger partial charge in [-0.3, -0.25) is 4.99 Å². The molecular weight excluding hydrogens is 439 g/mol. The maximum atomic E-state index is 6.04. The molecule has 3 unspecified atom stereocenters. The van der Waals surface area contributed by atoms with Crippen molar-refractivity contribution < 1.29 is 4.74 Å². The fourth-order valence-corrected chi connectivity index (χ4v) is 5.01.